The van der Waals surface area contributed by atoms with Crippen LogP contribution in [-0.2, 0) is 9.53 Å². The van der Waals surface area contributed by atoms with E-state index in [0.29, 0.717) is 26.2 Å². The zero-order valence-corrected chi connectivity index (χ0v) is 22.5. The minimum absolute atomic E-state index is 0. The first-order valence-corrected chi connectivity index (χ1v) is 11.3. The second kappa shape index (κ2) is 15.3. The number of ether oxygens (including phenoxy) is 2. The topological polar surface area (TPSA) is 69.6 Å². The van der Waals surface area contributed by atoms with Crippen molar-refractivity contribution in [3.05, 3.63) is 29.8 Å². The first-order valence-electron chi connectivity index (χ1n) is 11.3. The molecule has 32 heavy (non-hydrogen) atoms. The van der Waals surface area contributed by atoms with E-state index in [4.69, 9.17) is 14.5 Å². The van der Waals surface area contributed by atoms with Gasteiger partial charge < -0.3 is 24.6 Å². The van der Waals surface area contributed by atoms with Gasteiger partial charge in [0.25, 0.3) is 0 Å². The van der Waals surface area contributed by atoms with Crippen LogP contribution in [0.4, 0.5) is 0 Å². The fourth-order valence-corrected chi connectivity index (χ4v) is 3.74. The second-order valence-corrected chi connectivity index (χ2v) is 7.55. The summed E-state index contributed by atoms with van der Waals surface area (Å²) in [6.07, 6.45) is 0. The van der Waals surface area contributed by atoms with Gasteiger partial charge in [-0.1, -0.05) is 12.1 Å². The lowest BCUT2D eigenvalue weighted by molar-refractivity contribution is -0.131. The van der Waals surface area contributed by atoms with Gasteiger partial charge in [-0.05, 0) is 38.5 Å². The highest BCUT2D eigenvalue weighted by molar-refractivity contribution is 14.0. The summed E-state index contributed by atoms with van der Waals surface area (Å²) in [5, 5.41) is 3.33. The predicted molar refractivity (Wildman–Crippen MR) is 140 cm³/mol. The number of benzene rings is 1. The number of methoxy groups -OCH3 is 1. The van der Waals surface area contributed by atoms with E-state index in [1.54, 1.807) is 7.11 Å². The lowest BCUT2D eigenvalue weighted by Crippen LogP contribution is -2.46. The molecule has 2 rings (SSSR count). The Morgan fingerprint density at radius 3 is 2.34 bits per heavy atom. The van der Waals surface area contributed by atoms with E-state index in [2.05, 4.69) is 22.3 Å². The number of rotatable bonds is 10. The molecule has 1 N–H and O–H groups in total. The van der Waals surface area contributed by atoms with Gasteiger partial charge in [0.15, 0.2) is 5.96 Å². The molecule has 1 amide bonds. The number of carbonyl (C=O) groups is 1. The number of guanidine groups is 1. The van der Waals surface area contributed by atoms with Gasteiger partial charge >= 0.3 is 0 Å². The third-order valence-electron chi connectivity index (χ3n) is 5.59. The number of amides is 1. The number of hydrogen-bond acceptors (Lipinski definition) is 5. The van der Waals surface area contributed by atoms with Crippen molar-refractivity contribution in [3.63, 3.8) is 0 Å². The fourth-order valence-electron chi connectivity index (χ4n) is 3.74. The molecule has 0 saturated carbocycles. The average Bonchev–Trinajstić information content (AvgIpc) is 2.80. The van der Waals surface area contributed by atoms with Gasteiger partial charge in [0.1, 0.15) is 5.75 Å². The molecule has 1 aliphatic heterocycles. The van der Waals surface area contributed by atoms with Crippen LogP contribution in [0.3, 0.4) is 0 Å². The summed E-state index contributed by atoms with van der Waals surface area (Å²) in [5.74, 6) is 1.70. The largest absolute Gasteiger partial charge is 0.497 e. The number of carbonyl (C=O) groups excluding carboxylic acids is 1. The van der Waals surface area contributed by atoms with Gasteiger partial charge in [-0.3, -0.25) is 14.7 Å². The minimum Gasteiger partial charge on any atom is -0.497 e. The maximum Gasteiger partial charge on any atom is 0.242 e. The molecule has 1 aliphatic rings. The van der Waals surface area contributed by atoms with Gasteiger partial charge in [0.05, 0.1) is 39.5 Å². The molecule has 0 spiro atoms. The molecular weight excluding hydrogens is 521 g/mol. The lowest BCUT2D eigenvalue weighted by atomic mass is 10.0. The van der Waals surface area contributed by atoms with Crippen molar-refractivity contribution in [2.24, 2.45) is 4.99 Å². The quantitative estimate of drug-likeness (QED) is 0.269. The van der Waals surface area contributed by atoms with E-state index in [9.17, 15) is 4.79 Å². The molecule has 1 saturated heterocycles. The summed E-state index contributed by atoms with van der Waals surface area (Å²) >= 11 is 0. The van der Waals surface area contributed by atoms with Gasteiger partial charge in [-0.2, -0.15) is 0 Å². The summed E-state index contributed by atoms with van der Waals surface area (Å²) in [7, 11) is 3.59. The van der Waals surface area contributed by atoms with Gasteiger partial charge in [0, 0.05) is 39.8 Å². The maximum atomic E-state index is 12.6. The summed E-state index contributed by atoms with van der Waals surface area (Å²) in [5.41, 5.74) is 1.20. The van der Waals surface area contributed by atoms with Crippen molar-refractivity contribution in [3.8, 4) is 5.75 Å². The van der Waals surface area contributed by atoms with Gasteiger partial charge in [-0.25, -0.2) is 0 Å². The van der Waals surface area contributed by atoms with E-state index in [1.165, 1.54) is 5.56 Å². The van der Waals surface area contributed by atoms with Crippen molar-refractivity contribution in [2.45, 2.75) is 26.8 Å². The SMILES string of the molecule is CCNC(=NCC(c1ccc(OC)cc1)N1CCOCC1)N(C)CC(=O)N(CC)CC.I. The van der Waals surface area contributed by atoms with Crippen LogP contribution in [-0.4, -0.2) is 99.8 Å². The highest BCUT2D eigenvalue weighted by atomic mass is 127. The van der Waals surface area contributed by atoms with E-state index in [1.807, 2.05) is 49.8 Å². The Morgan fingerprint density at radius 2 is 1.81 bits per heavy atom. The number of aliphatic imine (C=N–C) groups is 1. The van der Waals surface area contributed by atoms with Crippen molar-refractivity contribution in [1.82, 2.24) is 20.0 Å². The maximum absolute atomic E-state index is 12.6. The number of likely N-dealkylation sites (N-methyl/N-ethyl adjacent to an activating group) is 2. The average molecular weight is 562 g/mol. The van der Waals surface area contributed by atoms with Crippen molar-refractivity contribution >= 4 is 35.8 Å². The smallest absolute Gasteiger partial charge is 0.242 e. The molecular formula is C23H40IN5O3. The summed E-state index contributed by atoms with van der Waals surface area (Å²) in [4.78, 5) is 23.6. The zero-order valence-electron chi connectivity index (χ0n) is 20.2. The molecule has 8 nitrogen and oxygen atoms in total. The fraction of sp³-hybridized carbons (Fsp3) is 0.652. The number of morpholine rings is 1. The Kier molecular flexibility index (Phi) is 13.6. The summed E-state index contributed by atoms with van der Waals surface area (Å²) in [6.45, 7) is 12.3. The normalized spacial score (nSPS) is 15.5. The molecule has 1 heterocycles. The molecule has 1 atom stereocenters. The molecule has 9 heteroatoms. The molecule has 1 aromatic rings. The van der Waals surface area contributed by atoms with Crippen molar-refractivity contribution in [2.75, 3.05) is 73.2 Å². The molecule has 0 aromatic heterocycles. The Morgan fingerprint density at radius 1 is 1.19 bits per heavy atom. The number of nitrogens with one attached hydrogen (secondary N) is 1. The Bertz CT molecular complexity index is 691. The molecule has 0 radical (unpaired) electrons. The van der Waals surface area contributed by atoms with Crippen molar-refractivity contribution in [1.29, 1.82) is 0 Å². The van der Waals surface area contributed by atoms with E-state index in [0.717, 1.165) is 44.6 Å². The van der Waals surface area contributed by atoms with Crippen LogP contribution in [0.15, 0.2) is 29.3 Å². The van der Waals surface area contributed by atoms with E-state index in [-0.39, 0.29) is 35.9 Å². The van der Waals surface area contributed by atoms with Crippen LogP contribution >= 0.6 is 24.0 Å². The summed E-state index contributed by atoms with van der Waals surface area (Å²) in [6, 6.07) is 8.33. The molecule has 1 fully saturated rings. The Labute approximate surface area is 210 Å². The molecule has 0 bridgehead atoms. The van der Waals surface area contributed by atoms with Crippen molar-refractivity contribution < 1.29 is 14.3 Å². The number of halogens is 1. The van der Waals surface area contributed by atoms with Crippen LogP contribution in [0.2, 0.25) is 0 Å². The monoisotopic (exact) mass is 561 g/mol. The third kappa shape index (κ3) is 8.40. The standard InChI is InChI=1S/C23H39N5O3.HI/c1-6-24-23(26(4)18-22(29)27(7-2)8-3)25-17-21(28-13-15-31-16-14-28)19-9-11-20(30-5)12-10-19;/h9-12,21H,6-8,13-18H2,1-5H3,(H,24,25);1H. The summed E-state index contributed by atoms with van der Waals surface area (Å²) < 4.78 is 10.9. The molecule has 1 unspecified atom stereocenters. The van der Waals surface area contributed by atoms with Gasteiger partial charge in [0.2, 0.25) is 5.91 Å². The number of hydrogen-bond donors (Lipinski definition) is 1. The molecule has 0 aliphatic carbocycles. The third-order valence-corrected chi connectivity index (χ3v) is 5.59. The zero-order chi connectivity index (χ0) is 22.6. The lowest BCUT2D eigenvalue weighted by Gasteiger charge is -2.34. The second-order valence-electron chi connectivity index (χ2n) is 7.55. The predicted octanol–water partition coefficient (Wildman–Crippen LogP) is 2.45. The van der Waals surface area contributed by atoms with Crippen LogP contribution < -0.4 is 10.1 Å². The minimum atomic E-state index is 0. The van der Waals surface area contributed by atoms with E-state index >= 15 is 0 Å². The van der Waals surface area contributed by atoms with Crippen LogP contribution in [0.5, 0.6) is 5.75 Å². The van der Waals surface area contributed by atoms with Crippen LogP contribution in [0.1, 0.15) is 32.4 Å². The molecule has 1 aromatic carbocycles. The molecule has 182 valence electrons. The first kappa shape index (κ1) is 28.4. The Hall–Kier alpha value is -1.59. The van der Waals surface area contributed by atoms with Gasteiger partial charge in [-0.15, -0.1) is 24.0 Å². The Balaban J connectivity index is 0.00000512. The van der Waals surface area contributed by atoms with Crippen LogP contribution in [0.25, 0.3) is 0 Å². The van der Waals surface area contributed by atoms with E-state index < -0.39 is 0 Å². The highest BCUT2D eigenvalue weighted by Crippen LogP contribution is 2.24. The first-order chi connectivity index (χ1) is 15.0. The van der Waals surface area contributed by atoms with Crippen LogP contribution in [0, 0.1) is 0 Å². The highest BCUT2D eigenvalue weighted by Gasteiger charge is 2.23. The number of nitrogens with zero attached hydrogens (tertiary/aromatic N) is 4.